The summed E-state index contributed by atoms with van der Waals surface area (Å²) < 4.78 is 5.22. The number of carboxylic acid groups (broad SMARTS) is 1. The zero-order valence-corrected chi connectivity index (χ0v) is 12.4. The summed E-state index contributed by atoms with van der Waals surface area (Å²) in [6.45, 7) is 5.46. The molecule has 1 N–H and O–H groups in total. The fourth-order valence-electron chi connectivity index (χ4n) is 1.42. The van der Waals surface area contributed by atoms with E-state index in [0.29, 0.717) is 12.0 Å². The van der Waals surface area contributed by atoms with Gasteiger partial charge in [0.25, 0.3) is 0 Å². The summed E-state index contributed by atoms with van der Waals surface area (Å²) in [6, 6.07) is 2.99. The van der Waals surface area contributed by atoms with Crippen molar-refractivity contribution in [2.75, 3.05) is 6.61 Å². The third kappa shape index (κ3) is 3.99. The number of ether oxygens (including phenoxy) is 1. The number of carbonyl (C=O) groups excluding carboxylic acids is 1. The Kier molecular flexibility index (Phi) is 6.05. The van der Waals surface area contributed by atoms with E-state index in [4.69, 9.17) is 33.0 Å². The zero-order valence-electron chi connectivity index (χ0n) is 10.9. The molecule has 1 aromatic carbocycles. The van der Waals surface area contributed by atoms with E-state index in [1.807, 2.05) is 6.92 Å². The fraction of sp³-hybridized carbons (Fsp3) is 0.286. The van der Waals surface area contributed by atoms with Crippen molar-refractivity contribution < 1.29 is 19.4 Å². The van der Waals surface area contributed by atoms with Gasteiger partial charge in [-0.2, -0.15) is 0 Å². The molecule has 0 aliphatic rings. The lowest BCUT2D eigenvalue weighted by Gasteiger charge is -2.11. The average molecular weight is 317 g/mol. The first-order valence-electron chi connectivity index (χ1n) is 5.93. The van der Waals surface area contributed by atoms with Crippen molar-refractivity contribution in [3.63, 3.8) is 0 Å². The van der Waals surface area contributed by atoms with E-state index in [1.54, 1.807) is 0 Å². The second kappa shape index (κ2) is 7.31. The Hall–Kier alpha value is -1.52. The molecule has 0 radical (unpaired) electrons. The van der Waals surface area contributed by atoms with E-state index < -0.39 is 5.97 Å². The number of carbonyl (C=O) groups is 2. The molecule has 1 rings (SSSR count). The van der Waals surface area contributed by atoms with Crippen LogP contribution < -0.4 is 4.74 Å². The lowest BCUT2D eigenvalue weighted by Crippen LogP contribution is -2.07. The maximum Gasteiger partial charge on any atom is 0.306 e. The van der Waals surface area contributed by atoms with Gasteiger partial charge >= 0.3 is 5.97 Å². The summed E-state index contributed by atoms with van der Waals surface area (Å²) in [4.78, 5) is 22.4. The quantitative estimate of drug-likeness (QED) is 0.610. The molecule has 1 aromatic rings. The van der Waals surface area contributed by atoms with Gasteiger partial charge in [0.15, 0.2) is 5.78 Å². The molecule has 0 aliphatic carbocycles. The van der Waals surface area contributed by atoms with Crippen LogP contribution in [-0.4, -0.2) is 23.5 Å². The predicted octanol–water partition coefficient (Wildman–Crippen LogP) is 4.00. The van der Waals surface area contributed by atoms with Crippen LogP contribution in [-0.2, 0) is 4.79 Å². The number of ketones is 1. The van der Waals surface area contributed by atoms with Gasteiger partial charge in [-0.05, 0) is 24.1 Å². The largest absolute Gasteiger partial charge is 0.491 e. The molecule has 0 saturated heterocycles. The standard InChI is InChI=1S/C14H14Cl2O4/c1-3-8(2)14(19)9-4-5-10(13(16)12(9)15)20-7-6-11(17)18/h4-5H,2-3,6-7H2,1H3,(H,17,18). The van der Waals surface area contributed by atoms with Gasteiger partial charge in [0.05, 0.1) is 18.1 Å². The Morgan fingerprint density at radius 1 is 1.30 bits per heavy atom. The van der Waals surface area contributed by atoms with Crippen LogP contribution in [0.25, 0.3) is 0 Å². The van der Waals surface area contributed by atoms with Crippen LogP contribution in [0.4, 0.5) is 0 Å². The molecular formula is C14H14Cl2O4. The molecule has 0 bridgehead atoms. The number of rotatable bonds is 7. The second-order valence-electron chi connectivity index (χ2n) is 4.02. The Balaban J connectivity index is 2.95. The predicted molar refractivity (Wildman–Crippen MR) is 78.0 cm³/mol. The third-order valence-corrected chi connectivity index (χ3v) is 3.48. The van der Waals surface area contributed by atoms with Crippen LogP contribution in [0.3, 0.4) is 0 Å². The Labute approximate surface area is 126 Å². The van der Waals surface area contributed by atoms with Crippen molar-refractivity contribution >= 4 is 35.0 Å². The van der Waals surface area contributed by atoms with E-state index in [9.17, 15) is 9.59 Å². The minimum Gasteiger partial charge on any atom is -0.491 e. The highest BCUT2D eigenvalue weighted by Gasteiger charge is 2.18. The SMILES string of the molecule is C=C(CC)C(=O)c1ccc(OCCC(=O)O)c(Cl)c1Cl. The first-order chi connectivity index (χ1) is 9.38. The highest BCUT2D eigenvalue weighted by molar-refractivity contribution is 6.45. The lowest BCUT2D eigenvalue weighted by molar-refractivity contribution is -0.137. The van der Waals surface area contributed by atoms with Gasteiger partial charge in [0, 0.05) is 5.56 Å². The highest BCUT2D eigenvalue weighted by Crippen LogP contribution is 2.35. The Morgan fingerprint density at radius 2 is 1.95 bits per heavy atom. The van der Waals surface area contributed by atoms with Gasteiger partial charge in [-0.25, -0.2) is 0 Å². The van der Waals surface area contributed by atoms with Crippen molar-refractivity contribution in [2.45, 2.75) is 19.8 Å². The number of allylic oxidation sites excluding steroid dienone is 1. The van der Waals surface area contributed by atoms with Crippen LogP contribution in [0, 0.1) is 0 Å². The van der Waals surface area contributed by atoms with E-state index in [2.05, 4.69) is 6.58 Å². The first-order valence-corrected chi connectivity index (χ1v) is 6.69. The van der Waals surface area contributed by atoms with Crippen molar-refractivity contribution in [3.05, 3.63) is 39.9 Å². The van der Waals surface area contributed by atoms with Gasteiger partial charge in [-0.1, -0.05) is 36.7 Å². The van der Waals surface area contributed by atoms with E-state index in [0.717, 1.165) is 0 Å². The molecule has 0 aliphatic heterocycles. The van der Waals surface area contributed by atoms with Gasteiger partial charge in [-0.3, -0.25) is 9.59 Å². The Morgan fingerprint density at radius 3 is 2.50 bits per heavy atom. The van der Waals surface area contributed by atoms with Crippen LogP contribution in [0.15, 0.2) is 24.3 Å². The molecule has 0 unspecified atom stereocenters. The van der Waals surface area contributed by atoms with Crippen molar-refractivity contribution in [2.24, 2.45) is 0 Å². The number of Topliss-reactive ketones (excluding diaryl/α,β-unsaturated/α-hetero) is 1. The van der Waals surface area contributed by atoms with Crippen LogP contribution in [0.1, 0.15) is 30.1 Å². The van der Waals surface area contributed by atoms with Crippen molar-refractivity contribution in [1.82, 2.24) is 0 Å². The average Bonchev–Trinajstić information content (AvgIpc) is 2.41. The fourth-order valence-corrected chi connectivity index (χ4v) is 1.88. The molecule has 0 heterocycles. The van der Waals surface area contributed by atoms with Crippen LogP contribution in [0.2, 0.25) is 10.0 Å². The lowest BCUT2D eigenvalue weighted by atomic mass is 10.0. The molecular weight excluding hydrogens is 303 g/mol. The molecule has 108 valence electrons. The van der Waals surface area contributed by atoms with Crippen molar-refractivity contribution in [3.8, 4) is 5.75 Å². The van der Waals surface area contributed by atoms with Crippen LogP contribution in [0.5, 0.6) is 5.75 Å². The van der Waals surface area contributed by atoms with Gasteiger partial charge < -0.3 is 9.84 Å². The van der Waals surface area contributed by atoms with Crippen LogP contribution >= 0.6 is 23.2 Å². The summed E-state index contributed by atoms with van der Waals surface area (Å²) in [6.07, 6.45) is 0.366. The maximum atomic E-state index is 12.0. The molecule has 20 heavy (non-hydrogen) atoms. The number of benzene rings is 1. The van der Waals surface area contributed by atoms with Gasteiger partial charge in [0.1, 0.15) is 10.8 Å². The summed E-state index contributed by atoms with van der Waals surface area (Å²) in [5.74, 6) is -0.994. The number of hydrogen-bond donors (Lipinski definition) is 1. The monoisotopic (exact) mass is 316 g/mol. The van der Waals surface area contributed by atoms with Gasteiger partial charge in [-0.15, -0.1) is 0 Å². The highest BCUT2D eigenvalue weighted by atomic mass is 35.5. The third-order valence-electron chi connectivity index (χ3n) is 2.61. The maximum absolute atomic E-state index is 12.0. The number of hydrogen-bond acceptors (Lipinski definition) is 3. The summed E-state index contributed by atoms with van der Waals surface area (Å²) in [5.41, 5.74) is 0.691. The molecule has 0 saturated carbocycles. The molecule has 6 heteroatoms. The zero-order chi connectivity index (χ0) is 15.3. The Bertz CT molecular complexity index is 552. The summed E-state index contributed by atoms with van der Waals surface area (Å²) in [7, 11) is 0. The molecule has 0 fully saturated rings. The van der Waals surface area contributed by atoms with Gasteiger partial charge in [0.2, 0.25) is 0 Å². The summed E-state index contributed by atoms with van der Waals surface area (Å²) in [5, 5.41) is 8.70. The number of carboxylic acids is 1. The van der Waals surface area contributed by atoms with Crippen molar-refractivity contribution in [1.29, 1.82) is 0 Å². The summed E-state index contributed by atoms with van der Waals surface area (Å²) >= 11 is 12.1. The minimum atomic E-state index is -0.974. The molecule has 0 amide bonds. The number of halogens is 2. The smallest absolute Gasteiger partial charge is 0.306 e. The van der Waals surface area contributed by atoms with E-state index in [-0.39, 0.29) is 40.2 Å². The second-order valence-corrected chi connectivity index (χ2v) is 4.77. The minimum absolute atomic E-state index is 0.0274. The molecule has 0 atom stereocenters. The molecule has 0 spiro atoms. The molecule has 4 nitrogen and oxygen atoms in total. The van der Waals surface area contributed by atoms with E-state index in [1.165, 1.54) is 12.1 Å². The molecule has 0 aromatic heterocycles. The normalized spacial score (nSPS) is 10.2. The number of aliphatic carboxylic acids is 1. The van der Waals surface area contributed by atoms with E-state index >= 15 is 0 Å². The topological polar surface area (TPSA) is 63.6 Å². The first kappa shape index (κ1) is 16.5.